The van der Waals surface area contributed by atoms with Crippen molar-refractivity contribution in [3.05, 3.63) is 28.4 Å². The number of thiophene rings is 1. The van der Waals surface area contributed by atoms with Crippen LogP contribution in [0.15, 0.2) is 12.4 Å². The van der Waals surface area contributed by atoms with Gasteiger partial charge in [0.15, 0.2) is 0 Å². The molecule has 0 aromatic carbocycles. The number of hydrogen-bond acceptors (Lipinski definition) is 6. The standard InChI is InChI=1S/C13H16N6OS/c1-8-6-18-19(7-8)4-3-17-13-9(5-14)10(15)11(21-13)12(20)16-2/h6-7,17H,3-4,15H2,1-2H3,(H,16,20). The molecule has 2 aromatic heterocycles. The largest absolute Gasteiger partial charge is 0.396 e. The Labute approximate surface area is 126 Å². The summed E-state index contributed by atoms with van der Waals surface area (Å²) in [5.74, 6) is -0.287. The molecule has 21 heavy (non-hydrogen) atoms. The molecule has 0 atom stereocenters. The smallest absolute Gasteiger partial charge is 0.263 e. The predicted molar refractivity (Wildman–Crippen MR) is 82.3 cm³/mol. The Morgan fingerprint density at radius 2 is 2.38 bits per heavy atom. The molecule has 4 N–H and O–H groups in total. The molecule has 0 spiro atoms. The molecule has 0 saturated carbocycles. The Morgan fingerprint density at radius 3 is 2.95 bits per heavy atom. The number of rotatable bonds is 5. The lowest BCUT2D eigenvalue weighted by Gasteiger charge is -2.04. The fraction of sp³-hybridized carbons (Fsp3) is 0.308. The normalized spacial score (nSPS) is 10.1. The van der Waals surface area contributed by atoms with Crippen LogP contribution in [0.1, 0.15) is 20.8 Å². The van der Waals surface area contributed by atoms with Gasteiger partial charge in [-0.15, -0.1) is 11.3 Å². The van der Waals surface area contributed by atoms with Crippen LogP contribution in [0.4, 0.5) is 10.7 Å². The number of aromatic nitrogens is 2. The van der Waals surface area contributed by atoms with E-state index in [0.717, 1.165) is 5.56 Å². The summed E-state index contributed by atoms with van der Waals surface area (Å²) in [5, 5.41) is 19.6. The zero-order valence-corrected chi connectivity index (χ0v) is 12.6. The molecule has 2 rings (SSSR count). The van der Waals surface area contributed by atoms with Crippen LogP contribution in [0, 0.1) is 18.3 Å². The molecule has 2 heterocycles. The number of aryl methyl sites for hydroxylation is 1. The zero-order valence-electron chi connectivity index (χ0n) is 11.8. The average Bonchev–Trinajstić information content (AvgIpc) is 3.02. The molecule has 0 bridgehead atoms. The third kappa shape index (κ3) is 3.14. The maximum atomic E-state index is 11.7. The van der Waals surface area contributed by atoms with Crippen LogP contribution in [0.2, 0.25) is 0 Å². The van der Waals surface area contributed by atoms with Crippen LogP contribution in [-0.2, 0) is 6.54 Å². The van der Waals surface area contributed by atoms with Crippen molar-refractivity contribution in [2.45, 2.75) is 13.5 Å². The first-order valence-corrected chi connectivity index (χ1v) is 7.15. The van der Waals surface area contributed by atoms with E-state index in [9.17, 15) is 10.1 Å². The molecule has 0 unspecified atom stereocenters. The summed E-state index contributed by atoms with van der Waals surface area (Å²) in [5.41, 5.74) is 7.48. The van der Waals surface area contributed by atoms with Crippen LogP contribution in [0.5, 0.6) is 0 Å². The van der Waals surface area contributed by atoms with Crippen LogP contribution >= 0.6 is 11.3 Å². The Balaban J connectivity index is 2.09. The molecule has 8 heteroatoms. The molecule has 2 aromatic rings. The van der Waals surface area contributed by atoms with Gasteiger partial charge >= 0.3 is 0 Å². The number of nitriles is 1. The Hall–Kier alpha value is -2.53. The van der Waals surface area contributed by atoms with Gasteiger partial charge in [-0.2, -0.15) is 10.4 Å². The van der Waals surface area contributed by atoms with Gasteiger partial charge in [0.25, 0.3) is 5.91 Å². The highest BCUT2D eigenvalue weighted by atomic mass is 32.1. The van der Waals surface area contributed by atoms with E-state index in [1.165, 1.54) is 18.4 Å². The monoisotopic (exact) mass is 304 g/mol. The number of hydrogen-bond donors (Lipinski definition) is 3. The zero-order chi connectivity index (χ0) is 15.4. The minimum atomic E-state index is -0.287. The number of carbonyl (C=O) groups is 1. The number of anilines is 2. The second kappa shape index (κ2) is 6.28. The number of amides is 1. The summed E-state index contributed by atoms with van der Waals surface area (Å²) in [4.78, 5) is 12.0. The van der Waals surface area contributed by atoms with E-state index >= 15 is 0 Å². The van der Waals surface area contributed by atoms with Crippen molar-refractivity contribution in [3.8, 4) is 6.07 Å². The topological polar surface area (TPSA) is 109 Å². The lowest BCUT2D eigenvalue weighted by Crippen LogP contribution is -2.17. The SMILES string of the molecule is CNC(=O)c1sc(NCCn2cc(C)cn2)c(C#N)c1N. The van der Waals surface area contributed by atoms with Gasteiger partial charge in [0.1, 0.15) is 21.5 Å². The summed E-state index contributed by atoms with van der Waals surface area (Å²) in [6.45, 7) is 3.22. The second-order valence-corrected chi connectivity index (χ2v) is 5.47. The van der Waals surface area contributed by atoms with Gasteiger partial charge in [0.2, 0.25) is 0 Å². The van der Waals surface area contributed by atoms with Crippen molar-refractivity contribution in [3.63, 3.8) is 0 Å². The minimum Gasteiger partial charge on any atom is -0.396 e. The van der Waals surface area contributed by atoms with Crippen LogP contribution in [0.3, 0.4) is 0 Å². The van der Waals surface area contributed by atoms with E-state index in [0.29, 0.717) is 28.5 Å². The van der Waals surface area contributed by atoms with Gasteiger partial charge in [0, 0.05) is 19.8 Å². The number of nitrogens with one attached hydrogen (secondary N) is 2. The minimum absolute atomic E-state index is 0.222. The van der Waals surface area contributed by atoms with Crippen LogP contribution in [0.25, 0.3) is 0 Å². The highest BCUT2D eigenvalue weighted by Gasteiger charge is 2.19. The average molecular weight is 304 g/mol. The maximum absolute atomic E-state index is 11.7. The van der Waals surface area contributed by atoms with E-state index < -0.39 is 0 Å². The molecule has 110 valence electrons. The maximum Gasteiger partial charge on any atom is 0.263 e. The Morgan fingerprint density at radius 1 is 1.62 bits per heavy atom. The van der Waals surface area contributed by atoms with E-state index in [1.54, 1.807) is 6.20 Å². The first-order valence-electron chi connectivity index (χ1n) is 6.34. The predicted octanol–water partition coefficient (Wildman–Crippen LogP) is 1.18. The molecular weight excluding hydrogens is 288 g/mol. The van der Waals surface area contributed by atoms with E-state index in [2.05, 4.69) is 15.7 Å². The first-order chi connectivity index (χ1) is 10.1. The summed E-state index contributed by atoms with van der Waals surface area (Å²) in [6.07, 6.45) is 3.72. The number of nitrogens with zero attached hydrogens (tertiary/aromatic N) is 3. The van der Waals surface area contributed by atoms with Gasteiger partial charge in [-0.05, 0) is 12.5 Å². The lowest BCUT2D eigenvalue weighted by molar-refractivity contribution is 0.0968. The molecule has 0 aliphatic heterocycles. The van der Waals surface area contributed by atoms with Crippen molar-refractivity contribution in [2.75, 3.05) is 24.6 Å². The molecule has 0 aliphatic rings. The summed E-state index contributed by atoms with van der Waals surface area (Å²) < 4.78 is 1.81. The van der Waals surface area contributed by atoms with E-state index in [-0.39, 0.29) is 11.6 Å². The molecule has 0 saturated heterocycles. The van der Waals surface area contributed by atoms with Gasteiger partial charge < -0.3 is 16.4 Å². The van der Waals surface area contributed by atoms with Gasteiger partial charge in [-0.25, -0.2) is 0 Å². The summed E-state index contributed by atoms with van der Waals surface area (Å²) in [6, 6.07) is 2.04. The lowest BCUT2D eigenvalue weighted by atomic mass is 10.2. The Bertz CT molecular complexity index is 696. The molecule has 7 nitrogen and oxygen atoms in total. The number of nitrogens with two attached hydrogens (primary N) is 1. The van der Waals surface area contributed by atoms with Crippen LogP contribution in [-0.4, -0.2) is 29.3 Å². The Kier molecular flexibility index (Phi) is 4.45. The number of carbonyl (C=O) groups excluding carboxylic acids is 1. The number of nitrogen functional groups attached to an aromatic ring is 1. The van der Waals surface area contributed by atoms with E-state index in [4.69, 9.17) is 5.73 Å². The third-order valence-corrected chi connectivity index (χ3v) is 4.04. The van der Waals surface area contributed by atoms with Crippen LogP contribution < -0.4 is 16.4 Å². The third-order valence-electron chi connectivity index (χ3n) is 2.88. The van der Waals surface area contributed by atoms with Gasteiger partial charge in [-0.3, -0.25) is 9.48 Å². The van der Waals surface area contributed by atoms with Crippen molar-refractivity contribution >= 4 is 27.9 Å². The molecule has 0 fully saturated rings. The second-order valence-electron chi connectivity index (χ2n) is 4.45. The molecular formula is C13H16N6OS. The summed E-state index contributed by atoms with van der Waals surface area (Å²) >= 11 is 1.18. The van der Waals surface area contributed by atoms with Crippen molar-refractivity contribution in [1.29, 1.82) is 5.26 Å². The fourth-order valence-electron chi connectivity index (χ4n) is 1.83. The molecule has 0 radical (unpaired) electrons. The van der Waals surface area contributed by atoms with E-state index in [1.807, 2.05) is 23.9 Å². The first kappa shape index (κ1) is 14.9. The quantitative estimate of drug-likeness (QED) is 0.768. The van der Waals surface area contributed by atoms with Crippen molar-refractivity contribution < 1.29 is 4.79 Å². The van der Waals surface area contributed by atoms with Gasteiger partial charge in [-0.1, -0.05) is 0 Å². The van der Waals surface area contributed by atoms with Crippen molar-refractivity contribution in [1.82, 2.24) is 15.1 Å². The van der Waals surface area contributed by atoms with Crippen molar-refractivity contribution in [2.24, 2.45) is 0 Å². The molecule has 1 amide bonds. The highest BCUT2D eigenvalue weighted by molar-refractivity contribution is 7.18. The highest BCUT2D eigenvalue weighted by Crippen LogP contribution is 2.34. The van der Waals surface area contributed by atoms with Gasteiger partial charge in [0.05, 0.1) is 18.4 Å². The fourth-order valence-corrected chi connectivity index (χ4v) is 2.88. The molecule has 0 aliphatic carbocycles. The summed E-state index contributed by atoms with van der Waals surface area (Å²) in [7, 11) is 1.53.